The van der Waals surface area contributed by atoms with Crippen LogP contribution in [-0.4, -0.2) is 25.3 Å². The summed E-state index contributed by atoms with van der Waals surface area (Å²) in [6.45, 7) is 0. The molecule has 0 saturated carbocycles. The average Bonchev–Trinajstić information content (AvgIpc) is 2.70. The normalized spacial score (nSPS) is 11.7. The molecule has 1 atom stereocenters. The molecule has 2 rings (SSSR count). The van der Waals surface area contributed by atoms with Gasteiger partial charge in [0.15, 0.2) is 0 Å². The summed E-state index contributed by atoms with van der Waals surface area (Å²) in [5.74, 6) is 0.134. The van der Waals surface area contributed by atoms with Gasteiger partial charge < -0.3 is 14.6 Å². The van der Waals surface area contributed by atoms with Crippen LogP contribution in [-0.2, 0) is 15.6 Å². The quantitative estimate of drug-likeness (QED) is 0.267. The zero-order chi connectivity index (χ0) is 19.1. The molecule has 7 heteroatoms. The van der Waals surface area contributed by atoms with E-state index in [0.29, 0.717) is 18.4 Å². The number of hydrogen-bond acceptors (Lipinski definition) is 6. The second-order valence-corrected chi connectivity index (χ2v) is 6.41. The highest BCUT2D eigenvalue weighted by atomic mass is 127. The number of benzene rings is 2. The van der Waals surface area contributed by atoms with Crippen LogP contribution in [0, 0.1) is 4.91 Å². The van der Waals surface area contributed by atoms with Crippen LogP contribution in [0.2, 0.25) is 0 Å². The van der Waals surface area contributed by atoms with Gasteiger partial charge in [-0.15, -0.1) is 4.91 Å². The number of esters is 1. The number of carbonyl (C=O) groups excluding carboxylic acids is 1. The second kappa shape index (κ2) is 9.63. The monoisotopic (exact) mass is 469 g/mol. The Labute approximate surface area is 165 Å². The number of carbonyl (C=O) groups is 1. The first kappa shape index (κ1) is 20.3. The predicted octanol–water partition coefficient (Wildman–Crippen LogP) is 4.48. The van der Waals surface area contributed by atoms with Crippen LogP contribution in [0.1, 0.15) is 39.6 Å². The largest absolute Gasteiger partial charge is 0.497 e. The summed E-state index contributed by atoms with van der Waals surface area (Å²) in [5.41, 5.74) is 2.62. The molecule has 0 saturated heterocycles. The van der Waals surface area contributed by atoms with Gasteiger partial charge in [0, 0.05) is 4.43 Å². The van der Waals surface area contributed by atoms with E-state index < -0.39 is 12.1 Å². The van der Waals surface area contributed by atoms with Crippen molar-refractivity contribution in [2.45, 2.75) is 23.4 Å². The Morgan fingerprint density at radius 1 is 1.23 bits per heavy atom. The van der Waals surface area contributed by atoms with E-state index in [9.17, 15) is 14.8 Å². The number of aliphatic hydroxyl groups is 1. The van der Waals surface area contributed by atoms with E-state index in [2.05, 4.69) is 32.5 Å². The molecule has 0 amide bonds. The fourth-order valence-electron chi connectivity index (χ4n) is 2.77. The number of nitroso groups, excluding NO2 is 1. The molecule has 0 aromatic heterocycles. The van der Waals surface area contributed by atoms with Crippen LogP contribution in [0.15, 0.2) is 41.6 Å². The van der Waals surface area contributed by atoms with Crippen molar-refractivity contribution >= 4 is 34.2 Å². The number of aryl methyl sites for hydroxylation is 1. The predicted molar refractivity (Wildman–Crippen MR) is 107 cm³/mol. The van der Waals surface area contributed by atoms with Gasteiger partial charge in [-0.3, -0.25) is 0 Å². The van der Waals surface area contributed by atoms with Crippen molar-refractivity contribution in [3.63, 3.8) is 0 Å². The van der Waals surface area contributed by atoms with Gasteiger partial charge in [-0.25, -0.2) is 4.79 Å². The molecule has 0 aliphatic carbocycles. The van der Waals surface area contributed by atoms with Gasteiger partial charge in [-0.2, -0.15) is 0 Å². The Morgan fingerprint density at radius 2 is 2.00 bits per heavy atom. The standard InChI is InChI=1S/C19H20INO5/c1-25-14-7-8-15(13(10-14)11-20)17(22)9-6-12-4-3-5-16(18(12)21-24)19(23)26-2/h3-5,7-8,10,17,22H,6,9,11H2,1-2H3. The molecule has 0 spiro atoms. The molecular formula is C19H20INO5. The van der Waals surface area contributed by atoms with Crippen molar-refractivity contribution in [3.8, 4) is 5.75 Å². The Kier molecular flexibility index (Phi) is 7.52. The smallest absolute Gasteiger partial charge is 0.340 e. The number of alkyl halides is 1. The van der Waals surface area contributed by atoms with Gasteiger partial charge in [0.1, 0.15) is 11.4 Å². The fraction of sp³-hybridized carbons (Fsp3) is 0.316. The number of halogens is 1. The summed E-state index contributed by atoms with van der Waals surface area (Å²) in [4.78, 5) is 23.0. The lowest BCUT2D eigenvalue weighted by molar-refractivity contribution is 0.0601. The molecule has 0 aliphatic rings. The highest BCUT2D eigenvalue weighted by Gasteiger charge is 2.18. The van der Waals surface area contributed by atoms with Crippen LogP contribution in [0.5, 0.6) is 5.75 Å². The summed E-state index contributed by atoms with van der Waals surface area (Å²) in [6.07, 6.45) is 0.0927. The van der Waals surface area contributed by atoms with Crippen LogP contribution in [0.4, 0.5) is 5.69 Å². The Morgan fingerprint density at radius 3 is 2.62 bits per heavy atom. The molecule has 2 aromatic carbocycles. The third-order valence-electron chi connectivity index (χ3n) is 4.16. The van der Waals surface area contributed by atoms with Crippen molar-refractivity contribution in [1.82, 2.24) is 0 Å². The topological polar surface area (TPSA) is 85.2 Å². The number of hydrogen-bond donors (Lipinski definition) is 1. The molecule has 0 bridgehead atoms. The van der Waals surface area contributed by atoms with Crippen LogP contribution < -0.4 is 4.74 Å². The zero-order valence-electron chi connectivity index (χ0n) is 14.6. The minimum absolute atomic E-state index is 0.0652. The van der Waals surface area contributed by atoms with Gasteiger partial charge >= 0.3 is 5.97 Å². The first-order valence-corrected chi connectivity index (χ1v) is 9.52. The van der Waals surface area contributed by atoms with E-state index >= 15 is 0 Å². The van der Waals surface area contributed by atoms with Gasteiger partial charge in [-0.1, -0.05) is 40.8 Å². The van der Waals surface area contributed by atoms with E-state index in [4.69, 9.17) is 4.74 Å². The van der Waals surface area contributed by atoms with Crippen molar-refractivity contribution in [2.24, 2.45) is 5.18 Å². The average molecular weight is 469 g/mol. The third-order valence-corrected chi connectivity index (χ3v) is 4.98. The minimum Gasteiger partial charge on any atom is -0.497 e. The lowest BCUT2D eigenvalue weighted by Gasteiger charge is -2.16. The lowest BCUT2D eigenvalue weighted by Crippen LogP contribution is -2.06. The maximum atomic E-state index is 11.8. The number of methoxy groups -OCH3 is 2. The highest BCUT2D eigenvalue weighted by molar-refractivity contribution is 14.1. The minimum atomic E-state index is -0.702. The van der Waals surface area contributed by atoms with E-state index in [1.54, 1.807) is 19.2 Å². The highest BCUT2D eigenvalue weighted by Crippen LogP contribution is 2.31. The molecule has 26 heavy (non-hydrogen) atoms. The molecular weight excluding hydrogens is 449 g/mol. The molecule has 2 aromatic rings. The first-order valence-electron chi connectivity index (χ1n) is 8.00. The fourth-order valence-corrected chi connectivity index (χ4v) is 3.43. The van der Waals surface area contributed by atoms with Crippen molar-refractivity contribution in [2.75, 3.05) is 14.2 Å². The van der Waals surface area contributed by atoms with Gasteiger partial charge in [0.2, 0.25) is 0 Å². The van der Waals surface area contributed by atoms with E-state index in [1.165, 1.54) is 13.2 Å². The zero-order valence-corrected chi connectivity index (χ0v) is 16.7. The van der Waals surface area contributed by atoms with E-state index in [0.717, 1.165) is 21.3 Å². The maximum Gasteiger partial charge on any atom is 0.340 e. The summed E-state index contributed by atoms with van der Waals surface area (Å²) in [5, 5.41) is 13.6. The number of nitrogens with zero attached hydrogens (tertiary/aromatic N) is 1. The molecule has 0 radical (unpaired) electrons. The van der Waals surface area contributed by atoms with Crippen molar-refractivity contribution < 1.29 is 19.4 Å². The van der Waals surface area contributed by atoms with Crippen LogP contribution >= 0.6 is 22.6 Å². The van der Waals surface area contributed by atoms with Gasteiger partial charge in [-0.05, 0) is 52.9 Å². The SMILES string of the molecule is COC(=O)c1cccc(CCC(O)c2ccc(OC)cc2CI)c1N=O. The molecule has 1 unspecified atom stereocenters. The Bertz CT molecular complexity index is 793. The molecule has 0 heterocycles. The molecule has 138 valence electrons. The number of ether oxygens (including phenoxy) is 2. The van der Waals surface area contributed by atoms with Gasteiger partial charge in [0.05, 0.1) is 25.9 Å². The van der Waals surface area contributed by atoms with Crippen LogP contribution in [0.3, 0.4) is 0 Å². The lowest BCUT2D eigenvalue weighted by atomic mass is 9.96. The molecule has 1 N–H and O–H groups in total. The summed E-state index contributed by atoms with van der Waals surface area (Å²) >= 11 is 2.24. The maximum absolute atomic E-state index is 11.8. The van der Waals surface area contributed by atoms with Crippen molar-refractivity contribution in [3.05, 3.63) is 63.6 Å². The summed E-state index contributed by atoms with van der Waals surface area (Å²) in [7, 11) is 2.85. The number of rotatable bonds is 8. The van der Waals surface area contributed by atoms with E-state index in [-0.39, 0.29) is 11.3 Å². The second-order valence-electron chi connectivity index (χ2n) is 5.65. The summed E-state index contributed by atoms with van der Waals surface area (Å²) in [6, 6.07) is 10.5. The van der Waals surface area contributed by atoms with Crippen molar-refractivity contribution in [1.29, 1.82) is 0 Å². The van der Waals surface area contributed by atoms with Crippen LogP contribution in [0.25, 0.3) is 0 Å². The molecule has 0 fully saturated rings. The first-order chi connectivity index (χ1) is 12.5. The number of aliphatic hydroxyl groups excluding tert-OH is 1. The van der Waals surface area contributed by atoms with E-state index in [1.807, 2.05) is 18.2 Å². The Hall–Kier alpha value is -2.00. The Balaban J connectivity index is 2.21. The van der Waals surface area contributed by atoms with Gasteiger partial charge in [0.25, 0.3) is 0 Å². The molecule has 6 nitrogen and oxygen atoms in total. The summed E-state index contributed by atoms with van der Waals surface area (Å²) < 4.78 is 10.6. The molecule has 0 aliphatic heterocycles. The third kappa shape index (κ3) is 4.59.